The van der Waals surface area contributed by atoms with Crippen molar-refractivity contribution in [2.45, 2.75) is 19.3 Å². The van der Waals surface area contributed by atoms with Gasteiger partial charge in [-0.3, -0.25) is 9.59 Å². The van der Waals surface area contributed by atoms with Gasteiger partial charge in [-0.1, -0.05) is 12.1 Å². The van der Waals surface area contributed by atoms with E-state index in [0.29, 0.717) is 18.1 Å². The average Bonchev–Trinajstić information content (AvgIpc) is 3.11. The Balaban J connectivity index is 2.06. The van der Waals surface area contributed by atoms with Crippen LogP contribution in [0, 0.1) is 0 Å². The van der Waals surface area contributed by atoms with Gasteiger partial charge in [0.25, 0.3) is 0 Å². The van der Waals surface area contributed by atoms with Crippen LogP contribution >= 0.6 is 0 Å². The molecule has 7 heteroatoms. The van der Waals surface area contributed by atoms with Gasteiger partial charge in [-0.05, 0) is 24.1 Å². The number of hydrogen-bond acceptors (Lipinski definition) is 5. The van der Waals surface area contributed by atoms with E-state index in [1.807, 2.05) is 30.0 Å². The van der Waals surface area contributed by atoms with Crippen molar-refractivity contribution >= 4 is 17.8 Å². The predicted octanol–water partition coefficient (Wildman–Crippen LogP) is 1.64. The second-order valence-electron chi connectivity index (χ2n) is 6.76. The number of amides is 2. The number of hydrogen-bond donors (Lipinski definition) is 1. The molecule has 0 aliphatic carbocycles. The minimum atomic E-state index is -0.470. The number of nitrogens with zero attached hydrogens (tertiary/aromatic N) is 4. The van der Waals surface area contributed by atoms with E-state index in [2.05, 4.69) is 4.98 Å². The van der Waals surface area contributed by atoms with Gasteiger partial charge in [0.15, 0.2) is 0 Å². The van der Waals surface area contributed by atoms with Crippen LogP contribution in [0.4, 0.5) is 5.95 Å². The minimum absolute atomic E-state index is 0.0756. The van der Waals surface area contributed by atoms with Crippen LogP contribution in [0.5, 0.6) is 0 Å². The third-order valence-electron chi connectivity index (χ3n) is 4.68. The molecule has 2 N–H and O–H groups in total. The van der Waals surface area contributed by atoms with E-state index in [4.69, 9.17) is 10.7 Å². The zero-order valence-electron chi connectivity index (χ0n) is 15.3. The maximum atomic E-state index is 11.7. The van der Waals surface area contributed by atoms with Crippen LogP contribution in [-0.2, 0) is 4.79 Å². The van der Waals surface area contributed by atoms with Crippen LogP contribution in [-0.4, -0.2) is 53.9 Å². The summed E-state index contributed by atoms with van der Waals surface area (Å²) in [4.78, 5) is 36.1. The highest BCUT2D eigenvalue weighted by Crippen LogP contribution is 2.34. The monoisotopic (exact) mass is 353 g/mol. The molecule has 2 aromatic rings. The Morgan fingerprint density at radius 2 is 2.08 bits per heavy atom. The van der Waals surface area contributed by atoms with Crippen molar-refractivity contribution in [1.29, 1.82) is 0 Å². The van der Waals surface area contributed by atoms with E-state index in [-0.39, 0.29) is 11.8 Å². The van der Waals surface area contributed by atoms with Gasteiger partial charge in [0.2, 0.25) is 17.8 Å². The highest BCUT2D eigenvalue weighted by Gasteiger charge is 2.29. The van der Waals surface area contributed by atoms with E-state index in [9.17, 15) is 9.59 Å². The number of likely N-dealkylation sites (tertiary alicyclic amines) is 1. The number of anilines is 1. The van der Waals surface area contributed by atoms with Crippen molar-refractivity contribution in [3.05, 3.63) is 41.7 Å². The van der Waals surface area contributed by atoms with Gasteiger partial charge >= 0.3 is 0 Å². The Morgan fingerprint density at radius 3 is 2.69 bits per heavy atom. The van der Waals surface area contributed by atoms with Crippen molar-refractivity contribution in [3.63, 3.8) is 0 Å². The second-order valence-corrected chi connectivity index (χ2v) is 6.76. The molecule has 7 nitrogen and oxygen atoms in total. The number of aromatic nitrogens is 2. The molecule has 1 atom stereocenters. The van der Waals surface area contributed by atoms with Crippen LogP contribution in [0.2, 0.25) is 0 Å². The molecule has 136 valence electrons. The Kier molecular flexibility index (Phi) is 4.88. The lowest BCUT2D eigenvalue weighted by Crippen LogP contribution is -2.25. The Labute approximate surface area is 152 Å². The molecule has 0 bridgehead atoms. The second kappa shape index (κ2) is 7.11. The zero-order chi connectivity index (χ0) is 18.8. The summed E-state index contributed by atoms with van der Waals surface area (Å²) in [7, 11) is 3.78. The molecular formula is C19H23N5O2. The lowest BCUT2D eigenvalue weighted by atomic mass is 9.95. The standard InChI is InChI=1S/C19H23N5O2/c1-12(25)24-8-7-15(11-24)17-16(10-21-19(22-17)23(2)3)13-5-4-6-14(9-13)18(20)26/h4-6,9-10,15H,7-8,11H2,1-3H3,(H2,20,26)/t15-/m1/s1. The van der Waals surface area contributed by atoms with E-state index in [1.165, 1.54) is 0 Å². The highest BCUT2D eigenvalue weighted by atomic mass is 16.2. The predicted molar refractivity (Wildman–Crippen MR) is 99.9 cm³/mol. The van der Waals surface area contributed by atoms with Crippen LogP contribution in [0.25, 0.3) is 11.1 Å². The van der Waals surface area contributed by atoms with Crippen molar-refractivity contribution in [3.8, 4) is 11.1 Å². The summed E-state index contributed by atoms with van der Waals surface area (Å²) in [5, 5.41) is 0. The van der Waals surface area contributed by atoms with Crippen LogP contribution in [0.1, 0.15) is 35.3 Å². The summed E-state index contributed by atoms with van der Waals surface area (Å²) < 4.78 is 0. The average molecular weight is 353 g/mol. The lowest BCUT2D eigenvalue weighted by Gasteiger charge is -2.19. The molecule has 1 aromatic heterocycles. The summed E-state index contributed by atoms with van der Waals surface area (Å²) in [6, 6.07) is 7.17. The fourth-order valence-corrected chi connectivity index (χ4v) is 3.24. The molecular weight excluding hydrogens is 330 g/mol. The third kappa shape index (κ3) is 3.51. The van der Waals surface area contributed by atoms with Crippen LogP contribution in [0.3, 0.4) is 0 Å². The largest absolute Gasteiger partial charge is 0.366 e. The quantitative estimate of drug-likeness (QED) is 0.902. The van der Waals surface area contributed by atoms with Crippen LogP contribution in [0.15, 0.2) is 30.5 Å². The SMILES string of the molecule is CC(=O)N1CC[C@@H](c2nc(N(C)C)ncc2-c2cccc(C(N)=O)c2)C1. The fourth-order valence-electron chi connectivity index (χ4n) is 3.24. The molecule has 26 heavy (non-hydrogen) atoms. The number of rotatable bonds is 4. The Hall–Kier alpha value is -2.96. The fraction of sp³-hybridized carbons (Fsp3) is 0.368. The van der Waals surface area contributed by atoms with E-state index >= 15 is 0 Å². The van der Waals surface area contributed by atoms with Crippen molar-refractivity contribution in [2.75, 3.05) is 32.1 Å². The Bertz CT molecular complexity index is 850. The van der Waals surface area contributed by atoms with Gasteiger partial charge < -0.3 is 15.5 Å². The number of carbonyl (C=O) groups is 2. The normalized spacial score (nSPS) is 16.6. The molecule has 3 rings (SSSR count). The topological polar surface area (TPSA) is 92.4 Å². The molecule has 1 fully saturated rings. The molecule has 0 radical (unpaired) electrons. The summed E-state index contributed by atoms with van der Waals surface area (Å²) >= 11 is 0. The first-order valence-corrected chi connectivity index (χ1v) is 8.57. The smallest absolute Gasteiger partial charge is 0.248 e. The first-order valence-electron chi connectivity index (χ1n) is 8.57. The molecule has 0 saturated carbocycles. The minimum Gasteiger partial charge on any atom is -0.366 e. The van der Waals surface area contributed by atoms with Gasteiger partial charge in [-0.15, -0.1) is 0 Å². The highest BCUT2D eigenvalue weighted by molar-refractivity contribution is 5.94. The molecule has 0 unspecified atom stereocenters. The number of carbonyl (C=O) groups excluding carboxylic acids is 2. The number of nitrogens with two attached hydrogens (primary N) is 1. The van der Waals surface area contributed by atoms with Crippen molar-refractivity contribution in [1.82, 2.24) is 14.9 Å². The van der Waals surface area contributed by atoms with Crippen molar-refractivity contribution < 1.29 is 9.59 Å². The maximum absolute atomic E-state index is 11.7. The van der Waals surface area contributed by atoms with Gasteiger partial charge in [0, 0.05) is 57.4 Å². The first kappa shape index (κ1) is 17.8. The number of primary amides is 1. The molecule has 1 aliphatic rings. The van der Waals surface area contributed by atoms with Gasteiger partial charge in [-0.25, -0.2) is 9.97 Å². The van der Waals surface area contributed by atoms with E-state index < -0.39 is 5.91 Å². The summed E-state index contributed by atoms with van der Waals surface area (Å²) in [6.07, 6.45) is 2.64. The lowest BCUT2D eigenvalue weighted by molar-refractivity contribution is -0.127. The molecule has 1 aliphatic heterocycles. The Morgan fingerprint density at radius 1 is 1.31 bits per heavy atom. The summed E-state index contributed by atoms with van der Waals surface area (Å²) in [5.74, 6) is 0.360. The maximum Gasteiger partial charge on any atom is 0.248 e. The molecule has 1 saturated heterocycles. The van der Waals surface area contributed by atoms with E-state index in [0.717, 1.165) is 29.8 Å². The molecule has 1 aromatic carbocycles. The summed E-state index contributed by atoms with van der Waals surface area (Å²) in [5.41, 5.74) is 8.48. The number of benzene rings is 1. The summed E-state index contributed by atoms with van der Waals surface area (Å²) in [6.45, 7) is 2.95. The molecule has 2 amide bonds. The van der Waals surface area contributed by atoms with Crippen LogP contribution < -0.4 is 10.6 Å². The first-order chi connectivity index (χ1) is 12.4. The van der Waals surface area contributed by atoms with E-state index in [1.54, 1.807) is 31.3 Å². The van der Waals surface area contributed by atoms with Gasteiger partial charge in [0.1, 0.15) is 0 Å². The van der Waals surface area contributed by atoms with Gasteiger partial charge in [-0.2, -0.15) is 0 Å². The molecule has 0 spiro atoms. The van der Waals surface area contributed by atoms with Gasteiger partial charge in [0.05, 0.1) is 5.69 Å². The zero-order valence-corrected chi connectivity index (χ0v) is 15.3. The molecule has 2 heterocycles. The van der Waals surface area contributed by atoms with Crippen molar-refractivity contribution in [2.24, 2.45) is 5.73 Å². The third-order valence-corrected chi connectivity index (χ3v) is 4.68.